The number of nitrogens with one attached hydrogen (secondary N) is 2. The van der Waals surface area contributed by atoms with E-state index in [2.05, 4.69) is 25.8 Å². The molecule has 0 spiro atoms. The van der Waals surface area contributed by atoms with E-state index in [1.165, 1.54) is 5.56 Å². The maximum atomic E-state index is 5.87. The number of aliphatic imine (C=N–C) groups is 1. The summed E-state index contributed by atoms with van der Waals surface area (Å²) in [6, 6.07) is 7.84. The molecular formula is C15H20ClN5O. The number of rotatable bonds is 6. The van der Waals surface area contributed by atoms with Gasteiger partial charge >= 0.3 is 0 Å². The molecule has 0 saturated carbocycles. The molecule has 7 heteroatoms. The van der Waals surface area contributed by atoms with Crippen molar-refractivity contribution in [2.75, 3.05) is 13.1 Å². The molecule has 0 aliphatic heterocycles. The van der Waals surface area contributed by atoms with Crippen LogP contribution in [-0.2, 0) is 13.0 Å². The maximum absolute atomic E-state index is 5.87. The van der Waals surface area contributed by atoms with Crippen molar-refractivity contribution in [3.05, 3.63) is 46.6 Å². The van der Waals surface area contributed by atoms with Crippen LogP contribution in [-0.4, -0.2) is 29.2 Å². The average Bonchev–Trinajstić information content (AvgIpc) is 2.92. The molecule has 6 nitrogen and oxygen atoms in total. The first kappa shape index (κ1) is 16.3. The summed E-state index contributed by atoms with van der Waals surface area (Å²) < 4.78 is 5.04. The number of nitrogens with zero attached hydrogens (tertiary/aromatic N) is 3. The Balaban J connectivity index is 1.84. The van der Waals surface area contributed by atoms with E-state index < -0.39 is 0 Å². The van der Waals surface area contributed by atoms with Gasteiger partial charge in [0.05, 0.1) is 0 Å². The highest BCUT2D eigenvalue weighted by atomic mass is 35.5. The third-order valence-corrected chi connectivity index (χ3v) is 3.16. The highest BCUT2D eigenvalue weighted by Gasteiger charge is 2.03. The van der Waals surface area contributed by atoms with Crippen molar-refractivity contribution < 1.29 is 4.52 Å². The van der Waals surface area contributed by atoms with Crippen LogP contribution >= 0.6 is 11.6 Å². The summed E-state index contributed by atoms with van der Waals surface area (Å²) in [4.78, 5) is 8.55. The second kappa shape index (κ2) is 8.38. The SMILES string of the molecule is CCNC(=NCc1nc(C)no1)NCCc1ccc(Cl)cc1. The minimum absolute atomic E-state index is 0.358. The smallest absolute Gasteiger partial charge is 0.248 e. The lowest BCUT2D eigenvalue weighted by atomic mass is 10.1. The lowest BCUT2D eigenvalue weighted by molar-refractivity contribution is 0.376. The van der Waals surface area contributed by atoms with Crippen LogP contribution in [0.25, 0.3) is 0 Å². The van der Waals surface area contributed by atoms with E-state index in [-0.39, 0.29) is 0 Å². The summed E-state index contributed by atoms with van der Waals surface area (Å²) in [5, 5.41) is 11.0. The maximum Gasteiger partial charge on any atom is 0.248 e. The van der Waals surface area contributed by atoms with Gasteiger partial charge in [0.2, 0.25) is 5.89 Å². The predicted molar refractivity (Wildman–Crippen MR) is 87.0 cm³/mol. The molecule has 0 unspecified atom stereocenters. The third kappa shape index (κ3) is 5.37. The molecule has 1 aromatic carbocycles. The topological polar surface area (TPSA) is 75.3 Å². The Kier molecular flexibility index (Phi) is 6.21. The minimum atomic E-state index is 0.358. The van der Waals surface area contributed by atoms with E-state index in [0.717, 1.165) is 30.5 Å². The largest absolute Gasteiger partial charge is 0.357 e. The molecule has 2 N–H and O–H groups in total. The van der Waals surface area contributed by atoms with Crippen LogP contribution < -0.4 is 10.6 Å². The molecule has 0 saturated heterocycles. The van der Waals surface area contributed by atoms with Crippen molar-refractivity contribution in [2.24, 2.45) is 4.99 Å². The Bertz CT molecular complexity index is 609. The van der Waals surface area contributed by atoms with Crippen LogP contribution in [0.1, 0.15) is 24.2 Å². The first-order valence-corrected chi connectivity index (χ1v) is 7.61. The molecule has 1 aromatic heterocycles. The monoisotopic (exact) mass is 321 g/mol. The highest BCUT2D eigenvalue weighted by molar-refractivity contribution is 6.30. The number of aryl methyl sites for hydroxylation is 1. The average molecular weight is 322 g/mol. The highest BCUT2D eigenvalue weighted by Crippen LogP contribution is 2.09. The van der Waals surface area contributed by atoms with E-state index in [1.54, 1.807) is 6.92 Å². The molecule has 0 bridgehead atoms. The fourth-order valence-corrected chi connectivity index (χ4v) is 1.99. The first-order valence-electron chi connectivity index (χ1n) is 7.23. The Hall–Kier alpha value is -2.08. The number of hydrogen-bond donors (Lipinski definition) is 2. The zero-order valence-electron chi connectivity index (χ0n) is 12.8. The lowest BCUT2D eigenvalue weighted by Gasteiger charge is -2.10. The Morgan fingerprint density at radius 3 is 2.68 bits per heavy atom. The van der Waals surface area contributed by atoms with E-state index in [4.69, 9.17) is 16.1 Å². The molecule has 0 radical (unpaired) electrons. The normalized spacial score (nSPS) is 11.5. The Morgan fingerprint density at radius 2 is 2.05 bits per heavy atom. The molecule has 0 aliphatic carbocycles. The van der Waals surface area contributed by atoms with Gasteiger partial charge in [-0.05, 0) is 38.0 Å². The van der Waals surface area contributed by atoms with Crippen molar-refractivity contribution in [1.29, 1.82) is 0 Å². The van der Waals surface area contributed by atoms with Crippen LogP contribution in [0.15, 0.2) is 33.8 Å². The van der Waals surface area contributed by atoms with Crippen molar-refractivity contribution in [3.8, 4) is 0 Å². The molecule has 2 aromatic rings. The van der Waals surface area contributed by atoms with Crippen LogP contribution in [0.2, 0.25) is 5.02 Å². The predicted octanol–water partition coefficient (Wildman–Crippen LogP) is 2.33. The summed E-state index contributed by atoms with van der Waals surface area (Å²) in [6.07, 6.45) is 0.890. The molecule has 118 valence electrons. The summed E-state index contributed by atoms with van der Waals surface area (Å²) in [6.45, 7) is 5.72. The fraction of sp³-hybridized carbons (Fsp3) is 0.400. The molecule has 0 amide bonds. The zero-order valence-corrected chi connectivity index (χ0v) is 13.5. The molecule has 22 heavy (non-hydrogen) atoms. The van der Waals surface area contributed by atoms with Gasteiger partial charge in [-0.15, -0.1) is 0 Å². The first-order chi connectivity index (χ1) is 10.7. The quantitative estimate of drug-likeness (QED) is 0.631. The molecule has 1 heterocycles. The summed E-state index contributed by atoms with van der Waals surface area (Å²) >= 11 is 5.87. The van der Waals surface area contributed by atoms with Gasteiger partial charge in [-0.2, -0.15) is 4.98 Å². The number of hydrogen-bond acceptors (Lipinski definition) is 4. The summed E-state index contributed by atoms with van der Waals surface area (Å²) in [5.41, 5.74) is 1.22. The number of guanidine groups is 1. The Labute approximate surface area is 135 Å². The van der Waals surface area contributed by atoms with E-state index >= 15 is 0 Å². The van der Waals surface area contributed by atoms with E-state index in [9.17, 15) is 0 Å². The van der Waals surface area contributed by atoms with Gasteiger partial charge in [-0.25, -0.2) is 4.99 Å². The van der Waals surface area contributed by atoms with Gasteiger partial charge in [0.1, 0.15) is 6.54 Å². The van der Waals surface area contributed by atoms with Gasteiger partial charge < -0.3 is 15.2 Å². The molecule has 0 atom stereocenters. The van der Waals surface area contributed by atoms with Gasteiger partial charge in [-0.1, -0.05) is 28.9 Å². The van der Waals surface area contributed by atoms with Gasteiger partial charge in [0, 0.05) is 18.1 Å². The Morgan fingerprint density at radius 1 is 1.27 bits per heavy atom. The van der Waals surface area contributed by atoms with Gasteiger partial charge in [-0.3, -0.25) is 0 Å². The van der Waals surface area contributed by atoms with E-state index in [1.807, 2.05) is 31.2 Å². The van der Waals surface area contributed by atoms with Crippen LogP contribution in [0, 0.1) is 6.92 Å². The fourth-order valence-electron chi connectivity index (χ4n) is 1.87. The third-order valence-electron chi connectivity index (χ3n) is 2.91. The number of halogens is 1. The molecule has 0 aliphatic rings. The van der Waals surface area contributed by atoms with Gasteiger partial charge in [0.25, 0.3) is 0 Å². The van der Waals surface area contributed by atoms with Crippen LogP contribution in [0.5, 0.6) is 0 Å². The molecule has 2 rings (SSSR count). The number of aromatic nitrogens is 2. The zero-order chi connectivity index (χ0) is 15.8. The van der Waals surface area contributed by atoms with Crippen molar-refractivity contribution >= 4 is 17.6 Å². The van der Waals surface area contributed by atoms with Gasteiger partial charge in [0.15, 0.2) is 11.8 Å². The molecule has 0 fully saturated rings. The van der Waals surface area contributed by atoms with Crippen molar-refractivity contribution in [3.63, 3.8) is 0 Å². The summed E-state index contributed by atoms with van der Waals surface area (Å²) in [7, 11) is 0. The van der Waals surface area contributed by atoms with Crippen LogP contribution in [0.3, 0.4) is 0 Å². The standard InChI is InChI=1S/C15H20ClN5O/c1-3-17-15(19-10-14-20-11(2)21-22-14)18-9-8-12-4-6-13(16)7-5-12/h4-7H,3,8-10H2,1-2H3,(H2,17,18,19). The van der Waals surface area contributed by atoms with Crippen LogP contribution in [0.4, 0.5) is 0 Å². The lowest BCUT2D eigenvalue weighted by Crippen LogP contribution is -2.38. The van der Waals surface area contributed by atoms with Crippen molar-refractivity contribution in [2.45, 2.75) is 26.8 Å². The summed E-state index contributed by atoms with van der Waals surface area (Å²) in [5.74, 6) is 1.85. The van der Waals surface area contributed by atoms with Crippen molar-refractivity contribution in [1.82, 2.24) is 20.8 Å². The number of benzene rings is 1. The molecular weight excluding hydrogens is 302 g/mol. The second-order valence-corrected chi connectivity index (χ2v) is 5.17. The second-order valence-electron chi connectivity index (χ2n) is 4.73. The minimum Gasteiger partial charge on any atom is -0.357 e. The van der Waals surface area contributed by atoms with E-state index in [0.29, 0.717) is 18.3 Å².